The number of hydrogen-bond donors (Lipinski definition) is 0. The molecule has 0 aliphatic rings. The number of carbonyl (C=O) groups is 1. The first-order valence-electron chi connectivity index (χ1n) is 2.80. The van der Waals surface area contributed by atoms with Gasteiger partial charge in [-0.2, -0.15) is 0 Å². The highest BCUT2D eigenvalue weighted by Gasteiger charge is 2.07. The van der Waals surface area contributed by atoms with E-state index in [2.05, 4.69) is 0 Å². The molecule has 0 fully saturated rings. The molecule has 0 aromatic carbocycles. The van der Waals surface area contributed by atoms with Crippen LogP contribution in [-0.2, 0) is 0 Å². The van der Waals surface area contributed by atoms with E-state index in [1.54, 1.807) is 13.0 Å². The first-order valence-corrected chi connectivity index (χ1v) is 2.80. The Balaban J connectivity index is 3.08. The summed E-state index contributed by atoms with van der Waals surface area (Å²) in [5.41, 5.74) is 0.781. The lowest BCUT2D eigenvalue weighted by molar-refractivity contribution is 0.103. The van der Waals surface area contributed by atoms with Crippen LogP contribution in [0.3, 0.4) is 0 Å². The van der Waals surface area contributed by atoms with Crippen LogP contribution in [-0.4, -0.2) is 5.78 Å². The summed E-state index contributed by atoms with van der Waals surface area (Å²) in [4.78, 5) is 10.8. The molecule has 1 heterocycles. The van der Waals surface area contributed by atoms with Crippen molar-refractivity contribution >= 4 is 5.78 Å². The smallest absolute Gasteiger partial charge is 0.271 e. The number of hydrogen-bond acceptors (Lipinski definition) is 2. The van der Waals surface area contributed by atoms with Gasteiger partial charge in [-0.3, -0.25) is 4.79 Å². The molecule has 0 spiro atoms. The highest BCUT2D eigenvalue weighted by molar-refractivity contribution is 6.07. The second-order valence-corrected chi connectivity index (χ2v) is 1.91. The first kappa shape index (κ1) is 6.63. The molecule has 2 nitrogen and oxygen atoms in total. The normalized spacial score (nSPS) is 8.80. The van der Waals surface area contributed by atoms with E-state index in [9.17, 15) is 4.79 Å². The molecule has 0 radical (unpaired) electrons. The predicted octanol–water partition coefficient (Wildman–Crippen LogP) is 1.40. The van der Waals surface area contributed by atoms with Crippen molar-refractivity contribution in [3.05, 3.63) is 23.7 Å². The van der Waals surface area contributed by atoms with Crippen LogP contribution in [0.5, 0.6) is 0 Å². The zero-order valence-electron chi connectivity index (χ0n) is 5.55. The van der Waals surface area contributed by atoms with Gasteiger partial charge in [-0.1, -0.05) is 0 Å². The molecule has 0 N–H and O–H groups in total. The summed E-state index contributed by atoms with van der Waals surface area (Å²) >= 11 is 0. The Labute approximate surface area is 58.8 Å². The maximum Gasteiger partial charge on any atom is 0.271 e. The van der Waals surface area contributed by atoms with Crippen molar-refractivity contribution < 1.29 is 9.21 Å². The second-order valence-electron chi connectivity index (χ2n) is 1.91. The third kappa shape index (κ3) is 0.939. The third-order valence-electron chi connectivity index (χ3n) is 1.20. The van der Waals surface area contributed by atoms with E-state index in [1.165, 1.54) is 6.26 Å². The molecular formula is C8H6O2. The van der Waals surface area contributed by atoms with Crippen molar-refractivity contribution in [2.24, 2.45) is 0 Å². The van der Waals surface area contributed by atoms with E-state index in [1.807, 2.05) is 5.92 Å². The van der Waals surface area contributed by atoms with Crippen LogP contribution in [0.15, 0.2) is 16.7 Å². The van der Waals surface area contributed by atoms with Crippen LogP contribution in [0.4, 0.5) is 0 Å². The number of ketones is 1. The van der Waals surface area contributed by atoms with Gasteiger partial charge in [0.1, 0.15) is 0 Å². The summed E-state index contributed by atoms with van der Waals surface area (Å²) in [7, 11) is 0. The Hall–Kier alpha value is -1.49. The maximum atomic E-state index is 10.8. The molecule has 0 unspecified atom stereocenters. The zero-order chi connectivity index (χ0) is 7.56. The molecule has 1 aromatic rings. The SMILES string of the molecule is C#CC(=O)c1occc1C. The summed E-state index contributed by atoms with van der Waals surface area (Å²) < 4.78 is 4.82. The lowest BCUT2D eigenvalue weighted by atomic mass is 10.2. The molecule has 0 saturated carbocycles. The van der Waals surface area contributed by atoms with Crippen molar-refractivity contribution in [3.63, 3.8) is 0 Å². The van der Waals surface area contributed by atoms with E-state index < -0.39 is 5.78 Å². The molecule has 0 atom stereocenters. The molecule has 2 heteroatoms. The molecular weight excluding hydrogens is 128 g/mol. The number of rotatable bonds is 1. The van der Waals surface area contributed by atoms with Gasteiger partial charge < -0.3 is 4.42 Å². The van der Waals surface area contributed by atoms with Gasteiger partial charge in [0.15, 0.2) is 5.76 Å². The van der Waals surface area contributed by atoms with Gasteiger partial charge in [0.25, 0.3) is 5.78 Å². The van der Waals surface area contributed by atoms with Crippen LogP contribution in [0.25, 0.3) is 0 Å². The summed E-state index contributed by atoms with van der Waals surface area (Å²) in [6.45, 7) is 1.77. The van der Waals surface area contributed by atoms with Gasteiger partial charge in [-0.15, -0.1) is 6.42 Å². The number of furan rings is 1. The fraction of sp³-hybridized carbons (Fsp3) is 0.125. The van der Waals surface area contributed by atoms with Crippen molar-refractivity contribution in [1.29, 1.82) is 0 Å². The molecule has 0 aliphatic carbocycles. The fourth-order valence-corrected chi connectivity index (χ4v) is 0.671. The molecule has 1 rings (SSSR count). The van der Waals surface area contributed by atoms with Gasteiger partial charge in [0.05, 0.1) is 6.26 Å². The predicted molar refractivity (Wildman–Crippen MR) is 36.6 cm³/mol. The van der Waals surface area contributed by atoms with Gasteiger partial charge in [0.2, 0.25) is 0 Å². The molecule has 10 heavy (non-hydrogen) atoms. The molecule has 50 valence electrons. The Kier molecular flexibility index (Phi) is 1.59. The average Bonchev–Trinajstić information content (AvgIpc) is 2.34. The quantitative estimate of drug-likeness (QED) is 0.330. The minimum Gasteiger partial charge on any atom is -0.460 e. The Morgan fingerprint density at radius 1 is 1.80 bits per heavy atom. The van der Waals surface area contributed by atoms with E-state index in [4.69, 9.17) is 10.8 Å². The van der Waals surface area contributed by atoms with Crippen molar-refractivity contribution in [2.45, 2.75) is 6.92 Å². The van der Waals surface area contributed by atoms with E-state index in [0.717, 1.165) is 5.56 Å². The Morgan fingerprint density at radius 3 is 2.90 bits per heavy atom. The summed E-state index contributed by atoms with van der Waals surface area (Å²) in [5, 5.41) is 0. The summed E-state index contributed by atoms with van der Waals surface area (Å²) in [6, 6.07) is 1.70. The van der Waals surface area contributed by atoms with E-state index >= 15 is 0 Å². The molecule has 0 saturated heterocycles. The highest BCUT2D eigenvalue weighted by Crippen LogP contribution is 2.08. The number of carbonyl (C=O) groups excluding carboxylic acids is 1. The molecule has 0 aliphatic heterocycles. The largest absolute Gasteiger partial charge is 0.460 e. The van der Waals surface area contributed by atoms with Crippen molar-refractivity contribution in [3.8, 4) is 12.3 Å². The third-order valence-corrected chi connectivity index (χ3v) is 1.20. The van der Waals surface area contributed by atoms with Crippen LogP contribution in [0, 0.1) is 19.3 Å². The van der Waals surface area contributed by atoms with Crippen LogP contribution in [0.1, 0.15) is 16.1 Å². The summed E-state index contributed by atoms with van der Waals surface area (Å²) in [5.74, 6) is 1.84. The maximum absolute atomic E-state index is 10.8. The van der Waals surface area contributed by atoms with Gasteiger partial charge in [0, 0.05) is 0 Å². The van der Waals surface area contributed by atoms with Crippen LogP contribution >= 0.6 is 0 Å². The standard InChI is InChI=1S/C8H6O2/c1-3-7(9)8-6(2)4-5-10-8/h1,4-5H,2H3. The van der Waals surface area contributed by atoms with Crippen molar-refractivity contribution in [2.75, 3.05) is 0 Å². The van der Waals surface area contributed by atoms with Crippen LogP contribution < -0.4 is 0 Å². The van der Waals surface area contributed by atoms with Crippen LogP contribution in [0.2, 0.25) is 0 Å². The van der Waals surface area contributed by atoms with Crippen molar-refractivity contribution in [1.82, 2.24) is 0 Å². The number of Topliss-reactive ketones (excluding diaryl/α,β-unsaturated/α-hetero) is 1. The minimum absolute atomic E-state index is 0.266. The summed E-state index contributed by atoms with van der Waals surface area (Å²) in [6.07, 6.45) is 6.32. The van der Waals surface area contributed by atoms with Gasteiger partial charge >= 0.3 is 0 Å². The average molecular weight is 134 g/mol. The Bertz CT molecular complexity index is 288. The zero-order valence-corrected chi connectivity index (χ0v) is 5.55. The molecule has 0 bridgehead atoms. The minimum atomic E-state index is -0.400. The highest BCUT2D eigenvalue weighted by atomic mass is 16.3. The lowest BCUT2D eigenvalue weighted by Crippen LogP contribution is -1.93. The monoisotopic (exact) mass is 134 g/mol. The Morgan fingerprint density at radius 2 is 2.50 bits per heavy atom. The van der Waals surface area contributed by atoms with E-state index in [-0.39, 0.29) is 5.76 Å². The number of aryl methyl sites for hydroxylation is 1. The van der Waals surface area contributed by atoms with Gasteiger partial charge in [-0.25, -0.2) is 0 Å². The topological polar surface area (TPSA) is 30.2 Å². The van der Waals surface area contributed by atoms with Gasteiger partial charge in [-0.05, 0) is 24.5 Å². The molecule has 0 amide bonds. The first-order chi connectivity index (χ1) is 4.75. The number of terminal acetylenes is 1. The lowest BCUT2D eigenvalue weighted by Gasteiger charge is -1.86. The molecule has 1 aromatic heterocycles. The second kappa shape index (κ2) is 2.40. The van der Waals surface area contributed by atoms with E-state index in [0.29, 0.717) is 0 Å². The fourth-order valence-electron chi connectivity index (χ4n) is 0.671.